The topological polar surface area (TPSA) is 53.1 Å². The summed E-state index contributed by atoms with van der Waals surface area (Å²) in [4.78, 5) is 4.40. The van der Waals surface area contributed by atoms with Crippen LogP contribution in [0.3, 0.4) is 0 Å². The van der Waals surface area contributed by atoms with Gasteiger partial charge in [-0.1, -0.05) is 0 Å². The minimum Gasteiger partial charge on any atom is -0.399 e. The Morgan fingerprint density at radius 2 is 2.29 bits per heavy atom. The second-order valence-electron chi connectivity index (χ2n) is 4.60. The molecule has 4 heteroatoms. The van der Waals surface area contributed by atoms with Gasteiger partial charge in [0.25, 0.3) is 0 Å². The summed E-state index contributed by atoms with van der Waals surface area (Å²) in [6, 6.07) is 6.43. The van der Waals surface area contributed by atoms with Gasteiger partial charge in [0.15, 0.2) is 0 Å². The van der Waals surface area contributed by atoms with Crippen LogP contribution in [-0.2, 0) is 4.74 Å². The van der Waals surface area contributed by atoms with E-state index in [1.54, 1.807) is 0 Å². The molecule has 1 aromatic heterocycles. The molecule has 3 rings (SSSR count). The lowest BCUT2D eigenvalue weighted by atomic mass is 9.89. The van der Waals surface area contributed by atoms with E-state index in [0.29, 0.717) is 12.1 Å². The zero-order valence-corrected chi connectivity index (χ0v) is 9.97. The number of nitrogen functional groups attached to an aromatic ring is 1. The summed E-state index contributed by atoms with van der Waals surface area (Å²) < 4.78 is 7.82. The molecule has 4 nitrogen and oxygen atoms in total. The molecule has 1 fully saturated rings. The number of benzene rings is 1. The van der Waals surface area contributed by atoms with Gasteiger partial charge in [-0.2, -0.15) is 0 Å². The highest BCUT2D eigenvalue weighted by Crippen LogP contribution is 2.36. The molecule has 1 aliphatic rings. The number of aromatic nitrogens is 2. The van der Waals surface area contributed by atoms with Crippen molar-refractivity contribution in [1.29, 1.82) is 0 Å². The molecular weight excluding hydrogens is 214 g/mol. The Kier molecular flexibility index (Phi) is 2.52. The first-order valence-electron chi connectivity index (χ1n) is 6.11. The predicted octanol–water partition coefficient (Wildman–Crippen LogP) is 2.36. The number of nitrogens with two attached hydrogens (primary N) is 1. The molecule has 1 heterocycles. The molecule has 2 aromatic rings. The van der Waals surface area contributed by atoms with E-state index in [4.69, 9.17) is 10.5 Å². The van der Waals surface area contributed by atoms with Crippen molar-refractivity contribution >= 4 is 16.7 Å². The van der Waals surface area contributed by atoms with Crippen LogP contribution in [0.25, 0.3) is 11.0 Å². The van der Waals surface area contributed by atoms with Crippen LogP contribution < -0.4 is 5.73 Å². The Morgan fingerprint density at radius 3 is 3.06 bits per heavy atom. The van der Waals surface area contributed by atoms with E-state index < -0.39 is 0 Å². The van der Waals surface area contributed by atoms with Gasteiger partial charge < -0.3 is 15.0 Å². The summed E-state index contributed by atoms with van der Waals surface area (Å²) in [5.74, 6) is 0. The van der Waals surface area contributed by atoms with Crippen LogP contribution in [0.4, 0.5) is 5.69 Å². The van der Waals surface area contributed by atoms with Crippen molar-refractivity contribution in [2.45, 2.75) is 31.9 Å². The molecule has 0 unspecified atom stereocenters. The van der Waals surface area contributed by atoms with Gasteiger partial charge in [0.05, 0.1) is 23.5 Å². The highest BCUT2D eigenvalue weighted by Gasteiger charge is 2.31. The van der Waals surface area contributed by atoms with Crippen LogP contribution in [0.5, 0.6) is 0 Å². The Labute approximate surface area is 100 Å². The Morgan fingerprint density at radius 1 is 1.47 bits per heavy atom. The van der Waals surface area contributed by atoms with E-state index in [0.717, 1.165) is 30.7 Å². The molecule has 0 aliphatic heterocycles. The predicted molar refractivity (Wildman–Crippen MR) is 67.8 cm³/mol. The summed E-state index contributed by atoms with van der Waals surface area (Å²) in [7, 11) is 0. The summed E-state index contributed by atoms with van der Waals surface area (Å²) in [6.07, 6.45) is 4.51. The molecule has 0 amide bonds. The maximum absolute atomic E-state index is 5.75. The first-order chi connectivity index (χ1) is 8.28. The molecule has 0 atom stereocenters. The van der Waals surface area contributed by atoms with Gasteiger partial charge in [0, 0.05) is 18.3 Å². The Balaban J connectivity index is 1.83. The number of imidazole rings is 1. The zero-order chi connectivity index (χ0) is 11.8. The number of hydrogen-bond donors (Lipinski definition) is 1. The van der Waals surface area contributed by atoms with Crippen molar-refractivity contribution in [2.75, 3.05) is 12.3 Å². The zero-order valence-electron chi connectivity index (χ0n) is 9.97. The number of nitrogens with zero attached hydrogens (tertiary/aromatic N) is 2. The number of fused-ring (bicyclic) bond motifs is 1. The van der Waals surface area contributed by atoms with Crippen molar-refractivity contribution in [3.05, 3.63) is 24.5 Å². The lowest BCUT2D eigenvalue weighted by Gasteiger charge is -2.36. The second-order valence-corrected chi connectivity index (χ2v) is 4.60. The Bertz CT molecular complexity index is 528. The second kappa shape index (κ2) is 4.04. The van der Waals surface area contributed by atoms with E-state index in [2.05, 4.69) is 9.55 Å². The quantitative estimate of drug-likeness (QED) is 0.825. The first kappa shape index (κ1) is 10.6. The van der Waals surface area contributed by atoms with Crippen LogP contribution in [0.1, 0.15) is 25.8 Å². The molecule has 2 N–H and O–H groups in total. The molecule has 1 aromatic carbocycles. The fourth-order valence-corrected chi connectivity index (χ4v) is 2.48. The molecule has 1 saturated carbocycles. The normalized spacial score (nSPS) is 23.8. The summed E-state index contributed by atoms with van der Waals surface area (Å²) in [5.41, 5.74) is 8.66. The van der Waals surface area contributed by atoms with Crippen molar-refractivity contribution in [3.63, 3.8) is 0 Å². The van der Waals surface area contributed by atoms with Crippen LogP contribution in [0, 0.1) is 0 Å². The molecule has 0 radical (unpaired) electrons. The fraction of sp³-hybridized carbons (Fsp3) is 0.462. The highest BCUT2D eigenvalue weighted by atomic mass is 16.5. The minimum absolute atomic E-state index is 0.427. The van der Waals surface area contributed by atoms with E-state index in [1.807, 2.05) is 31.5 Å². The highest BCUT2D eigenvalue weighted by molar-refractivity contribution is 5.79. The molecule has 0 bridgehead atoms. The largest absolute Gasteiger partial charge is 0.399 e. The molecule has 1 aliphatic carbocycles. The molecule has 0 spiro atoms. The lowest BCUT2D eigenvalue weighted by molar-refractivity contribution is -0.0187. The first-order valence-corrected chi connectivity index (χ1v) is 6.11. The minimum atomic E-state index is 0.427. The van der Waals surface area contributed by atoms with Gasteiger partial charge in [-0.05, 0) is 38.0 Å². The van der Waals surface area contributed by atoms with Crippen molar-refractivity contribution in [2.24, 2.45) is 0 Å². The maximum Gasteiger partial charge on any atom is 0.0960 e. The molecule has 0 saturated heterocycles. The van der Waals surface area contributed by atoms with Crippen molar-refractivity contribution in [1.82, 2.24) is 9.55 Å². The SMILES string of the molecule is CCOC1CC(n2cnc3cc(N)ccc32)C1. The monoisotopic (exact) mass is 231 g/mol. The third-order valence-corrected chi connectivity index (χ3v) is 3.46. The van der Waals surface area contributed by atoms with E-state index in [9.17, 15) is 0 Å². The molecular formula is C13H17N3O. The molecule has 90 valence electrons. The van der Waals surface area contributed by atoms with Gasteiger partial charge in [0.1, 0.15) is 0 Å². The Hall–Kier alpha value is -1.55. The molecule has 17 heavy (non-hydrogen) atoms. The standard InChI is InChI=1S/C13H17N3O/c1-2-17-11-6-10(7-11)16-8-15-12-5-9(14)3-4-13(12)16/h3-5,8,10-11H,2,6-7,14H2,1H3. The average Bonchev–Trinajstić information content (AvgIpc) is 2.65. The summed E-state index contributed by atoms with van der Waals surface area (Å²) >= 11 is 0. The fourth-order valence-electron chi connectivity index (χ4n) is 2.48. The van der Waals surface area contributed by atoms with Gasteiger partial charge in [-0.3, -0.25) is 0 Å². The van der Waals surface area contributed by atoms with Gasteiger partial charge in [-0.25, -0.2) is 4.98 Å². The smallest absolute Gasteiger partial charge is 0.0960 e. The van der Waals surface area contributed by atoms with E-state index >= 15 is 0 Å². The van der Waals surface area contributed by atoms with E-state index in [-0.39, 0.29) is 0 Å². The van der Waals surface area contributed by atoms with E-state index in [1.165, 1.54) is 5.52 Å². The summed E-state index contributed by atoms with van der Waals surface area (Å²) in [6.45, 7) is 2.85. The number of ether oxygens (including phenoxy) is 1. The van der Waals surface area contributed by atoms with Crippen LogP contribution in [0.2, 0.25) is 0 Å². The van der Waals surface area contributed by atoms with Gasteiger partial charge in [0.2, 0.25) is 0 Å². The van der Waals surface area contributed by atoms with Crippen LogP contribution in [-0.4, -0.2) is 22.3 Å². The van der Waals surface area contributed by atoms with Gasteiger partial charge >= 0.3 is 0 Å². The van der Waals surface area contributed by atoms with Gasteiger partial charge in [-0.15, -0.1) is 0 Å². The average molecular weight is 231 g/mol. The van der Waals surface area contributed by atoms with Crippen LogP contribution in [0.15, 0.2) is 24.5 Å². The maximum atomic E-state index is 5.75. The number of anilines is 1. The number of rotatable bonds is 3. The van der Waals surface area contributed by atoms with Crippen molar-refractivity contribution < 1.29 is 4.74 Å². The third kappa shape index (κ3) is 1.78. The van der Waals surface area contributed by atoms with Crippen LogP contribution >= 0.6 is 0 Å². The number of hydrogen-bond acceptors (Lipinski definition) is 3. The lowest BCUT2D eigenvalue weighted by Crippen LogP contribution is -2.33. The third-order valence-electron chi connectivity index (χ3n) is 3.46. The summed E-state index contributed by atoms with van der Waals surface area (Å²) in [5, 5.41) is 0. The van der Waals surface area contributed by atoms with Crippen molar-refractivity contribution in [3.8, 4) is 0 Å².